The Balaban J connectivity index is 1.26. The standard InChI is InChI=1S/C42H28N2S/c1-3-13-30(14-4-1)43(31-15-5-2-6-16-31)33-27-37(42-38(28-33)36-19-9-12-22-41(36)45-42)29-23-25-32(26-24-29)44-39-20-10-7-17-34(39)35-18-8-11-21-40(35)44/h1-28H. The molecular weight excluding hydrogens is 565 g/mol. The number of hydrogen-bond acceptors (Lipinski definition) is 2. The zero-order chi connectivity index (χ0) is 29.7. The average Bonchev–Trinajstić information content (AvgIpc) is 3.65. The molecule has 0 N–H and O–H groups in total. The van der Waals surface area contributed by atoms with E-state index in [9.17, 15) is 0 Å². The molecule has 3 heteroatoms. The fourth-order valence-electron chi connectivity index (χ4n) is 6.75. The maximum atomic E-state index is 2.38. The van der Waals surface area contributed by atoms with Gasteiger partial charge in [-0.15, -0.1) is 11.3 Å². The van der Waals surface area contributed by atoms with Gasteiger partial charge in [-0.1, -0.05) is 103 Å². The molecule has 0 aliphatic heterocycles. The summed E-state index contributed by atoms with van der Waals surface area (Å²) in [7, 11) is 0. The van der Waals surface area contributed by atoms with E-state index in [0.717, 1.165) is 22.7 Å². The highest BCUT2D eigenvalue weighted by Gasteiger charge is 2.19. The summed E-state index contributed by atoms with van der Waals surface area (Å²) in [4.78, 5) is 2.36. The molecule has 9 rings (SSSR count). The summed E-state index contributed by atoms with van der Waals surface area (Å²) in [5.41, 5.74) is 9.47. The summed E-state index contributed by atoms with van der Waals surface area (Å²) in [5, 5.41) is 5.13. The van der Waals surface area contributed by atoms with Crippen LogP contribution in [0.5, 0.6) is 0 Å². The summed E-state index contributed by atoms with van der Waals surface area (Å²) >= 11 is 1.88. The van der Waals surface area contributed by atoms with Crippen molar-refractivity contribution in [1.82, 2.24) is 4.57 Å². The first kappa shape index (κ1) is 25.8. The largest absolute Gasteiger partial charge is 0.310 e. The number of benzene rings is 7. The Morgan fingerprint density at radius 3 is 1.58 bits per heavy atom. The van der Waals surface area contributed by atoms with E-state index in [1.807, 2.05) is 11.3 Å². The second-order valence-electron chi connectivity index (χ2n) is 11.4. The molecule has 212 valence electrons. The molecule has 0 bridgehead atoms. The van der Waals surface area contributed by atoms with Crippen LogP contribution in [0.4, 0.5) is 17.1 Å². The van der Waals surface area contributed by atoms with E-state index in [-0.39, 0.29) is 0 Å². The second kappa shape index (κ2) is 10.5. The molecule has 2 nitrogen and oxygen atoms in total. The van der Waals surface area contributed by atoms with Crippen molar-refractivity contribution in [2.45, 2.75) is 0 Å². The fourth-order valence-corrected chi connectivity index (χ4v) is 7.97. The molecule has 2 heterocycles. The second-order valence-corrected chi connectivity index (χ2v) is 12.4. The number of thiophene rings is 1. The van der Waals surface area contributed by atoms with Gasteiger partial charge in [0.1, 0.15) is 0 Å². The minimum absolute atomic E-state index is 1.13. The summed E-state index contributed by atoms with van der Waals surface area (Å²) in [6.07, 6.45) is 0. The van der Waals surface area contributed by atoms with Crippen molar-refractivity contribution in [1.29, 1.82) is 0 Å². The van der Waals surface area contributed by atoms with Crippen LogP contribution in [-0.2, 0) is 0 Å². The average molecular weight is 593 g/mol. The van der Waals surface area contributed by atoms with Gasteiger partial charge < -0.3 is 9.47 Å². The molecule has 0 unspecified atom stereocenters. The minimum atomic E-state index is 1.13. The van der Waals surface area contributed by atoms with Gasteiger partial charge in [0.05, 0.1) is 11.0 Å². The lowest BCUT2D eigenvalue weighted by atomic mass is 10.00. The van der Waals surface area contributed by atoms with Crippen LogP contribution in [0.3, 0.4) is 0 Å². The highest BCUT2D eigenvalue weighted by Crippen LogP contribution is 2.45. The predicted octanol–water partition coefficient (Wildman–Crippen LogP) is 12.3. The van der Waals surface area contributed by atoms with E-state index in [0.29, 0.717) is 0 Å². The summed E-state index contributed by atoms with van der Waals surface area (Å²) < 4.78 is 5.00. The predicted molar refractivity (Wildman–Crippen MR) is 194 cm³/mol. The molecule has 0 saturated carbocycles. The SMILES string of the molecule is c1ccc(N(c2ccccc2)c2cc(-c3ccc(-n4c5ccccc5c5ccccc54)cc3)c3sc4ccccc4c3c2)cc1. The van der Waals surface area contributed by atoms with Crippen LogP contribution in [0.25, 0.3) is 58.8 Å². The first-order valence-electron chi connectivity index (χ1n) is 15.3. The van der Waals surface area contributed by atoms with Crippen LogP contribution in [0.15, 0.2) is 170 Å². The van der Waals surface area contributed by atoms with Crippen LogP contribution in [-0.4, -0.2) is 4.57 Å². The maximum absolute atomic E-state index is 2.38. The summed E-state index contributed by atoms with van der Waals surface area (Å²) in [5.74, 6) is 0. The number of anilines is 3. The monoisotopic (exact) mass is 592 g/mol. The van der Waals surface area contributed by atoms with Crippen LogP contribution in [0.2, 0.25) is 0 Å². The lowest BCUT2D eigenvalue weighted by Crippen LogP contribution is -2.09. The third-order valence-corrected chi connectivity index (χ3v) is 9.99. The molecule has 0 radical (unpaired) electrons. The molecule has 0 fully saturated rings. The van der Waals surface area contributed by atoms with Crippen LogP contribution in [0.1, 0.15) is 0 Å². The molecule has 0 saturated heterocycles. The van der Waals surface area contributed by atoms with Gasteiger partial charge in [-0.2, -0.15) is 0 Å². The van der Waals surface area contributed by atoms with Gasteiger partial charge in [0.25, 0.3) is 0 Å². The molecule has 0 atom stereocenters. The lowest BCUT2D eigenvalue weighted by Gasteiger charge is -2.26. The first-order chi connectivity index (χ1) is 22.3. The molecule has 0 spiro atoms. The van der Waals surface area contributed by atoms with E-state index in [4.69, 9.17) is 0 Å². The molecule has 2 aromatic heterocycles. The number of nitrogens with zero attached hydrogens (tertiary/aromatic N) is 2. The number of para-hydroxylation sites is 4. The Morgan fingerprint density at radius 2 is 0.956 bits per heavy atom. The lowest BCUT2D eigenvalue weighted by molar-refractivity contribution is 1.18. The van der Waals surface area contributed by atoms with Crippen LogP contribution < -0.4 is 4.90 Å². The zero-order valence-electron chi connectivity index (χ0n) is 24.5. The Bertz CT molecular complexity index is 2380. The molecular formula is C42H28N2S. The third-order valence-electron chi connectivity index (χ3n) is 8.77. The molecule has 9 aromatic rings. The van der Waals surface area contributed by atoms with Gasteiger partial charge in [-0.25, -0.2) is 0 Å². The van der Waals surface area contributed by atoms with E-state index >= 15 is 0 Å². The summed E-state index contributed by atoms with van der Waals surface area (Å²) in [6, 6.07) is 61.3. The molecule has 7 aromatic carbocycles. The molecule has 45 heavy (non-hydrogen) atoms. The quantitative estimate of drug-likeness (QED) is 0.193. The number of hydrogen-bond donors (Lipinski definition) is 0. The fraction of sp³-hybridized carbons (Fsp3) is 0. The van der Waals surface area contributed by atoms with Gasteiger partial charge in [-0.3, -0.25) is 0 Å². The van der Waals surface area contributed by atoms with E-state index in [1.54, 1.807) is 0 Å². The summed E-state index contributed by atoms with van der Waals surface area (Å²) in [6.45, 7) is 0. The van der Waals surface area contributed by atoms with Crippen LogP contribution in [0, 0.1) is 0 Å². The Kier molecular flexibility index (Phi) is 6.03. The maximum Gasteiger partial charge on any atom is 0.0541 e. The van der Waals surface area contributed by atoms with Crippen molar-refractivity contribution < 1.29 is 0 Å². The smallest absolute Gasteiger partial charge is 0.0541 e. The van der Waals surface area contributed by atoms with Crippen molar-refractivity contribution in [3.05, 3.63) is 170 Å². The normalized spacial score (nSPS) is 11.6. The Hall–Kier alpha value is -5.64. The van der Waals surface area contributed by atoms with E-state index < -0.39 is 0 Å². The van der Waals surface area contributed by atoms with Gasteiger partial charge in [-0.05, 0) is 72.3 Å². The van der Waals surface area contributed by atoms with Crippen molar-refractivity contribution in [3.8, 4) is 16.8 Å². The van der Waals surface area contributed by atoms with Gasteiger partial charge >= 0.3 is 0 Å². The topological polar surface area (TPSA) is 8.17 Å². The Labute approximate surface area is 265 Å². The molecule has 0 amide bonds. The Morgan fingerprint density at radius 1 is 0.422 bits per heavy atom. The van der Waals surface area contributed by atoms with Gasteiger partial charge in [0.2, 0.25) is 0 Å². The molecule has 0 aliphatic rings. The van der Waals surface area contributed by atoms with Crippen molar-refractivity contribution in [2.75, 3.05) is 4.90 Å². The highest BCUT2D eigenvalue weighted by molar-refractivity contribution is 7.26. The zero-order valence-corrected chi connectivity index (χ0v) is 25.3. The van der Waals surface area contributed by atoms with Gasteiger partial charge in [0, 0.05) is 59.3 Å². The minimum Gasteiger partial charge on any atom is -0.310 e. The van der Waals surface area contributed by atoms with Crippen molar-refractivity contribution >= 4 is 70.4 Å². The van der Waals surface area contributed by atoms with E-state index in [1.165, 1.54) is 53.1 Å². The third kappa shape index (κ3) is 4.24. The van der Waals surface area contributed by atoms with E-state index in [2.05, 4.69) is 179 Å². The number of aromatic nitrogens is 1. The van der Waals surface area contributed by atoms with Crippen LogP contribution >= 0.6 is 11.3 Å². The highest BCUT2D eigenvalue weighted by atomic mass is 32.1. The number of rotatable bonds is 5. The van der Waals surface area contributed by atoms with Gasteiger partial charge in [0.15, 0.2) is 0 Å². The van der Waals surface area contributed by atoms with Crippen molar-refractivity contribution in [2.24, 2.45) is 0 Å². The molecule has 0 aliphatic carbocycles. The first-order valence-corrected chi connectivity index (χ1v) is 16.1. The number of fused-ring (bicyclic) bond motifs is 6. The van der Waals surface area contributed by atoms with Crippen molar-refractivity contribution in [3.63, 3.8) is 0 Å².